The monoisotopic (exact) mass is 420 g/mol. The van der Waals surface area contributed by atoms with Crippen LogP contribution in [-0.4, -0.2) is 52.8 Å². The van der Waals surface area contributed by atoms with Crippen molar-refractivity contribution in [3.8, 4) is 0 Å². The highest BCUT2D eigenvalue weighted by Crippen LogP contribution is 2.26. The number of urea groups is 1. The number of nitrogens with one attached hydrogen (secondary N) is 2. The van der Waals surface area contributed by atoms with Gasteiger partial charge in [-0.15, -0.1) is 0 Å². The molecule has 162 valence electrons. The van der Waals surface area contributed by atoms with Crippen molar-refractivity contribution in [2.75, 3.05) is 18.4 Å². The molecule has 4 rings (SSSR count). The smallest absolute Gasteiger partial charge is 0.325 e. The Hall–Kier alpha value is -3.19. The molecule has 7 heteroatoms. The number of nitrogens with zero attached hydrogens (tertiary/aromatic N) is 2. The van der Waals surface area contributed by atoms with Crippen LogP contribution >= 0.6 is 0 Å². The van der Waals surface area contributed by atoms with Gasteiger partial charge in [-0.1, -0.05) is 36.4 Å². The molecule has 7 nitrogen and oxygen atoms in total. The summed E-state index contributed by atoms with van der Waals surface area (Å²) in [6.07, 6.45) is 1.56. The molecule has 2 saturated heterocycles. The van der Waals surface area contributed by atoms with Gasteiger partial charge in [-0.3, -0.25) is 14.5 Å². The number of fused-ring (bicyclic) bond motifs is 1. The molecule has 2 aromatic carbocycles. The zero-order valence-electron chi connectivity index (χ0n) is 17.9. The molecular weight excluding hydrogens is 392 g/mol. The molecule has 0 spiro atoms. The first-order valence-electron chi connectivity index (χ1n) is 10.7. The molecule has 2 heterocycles. The number of rotatable bonds is 5. The minimum absolute atomic E-state index is 0.0900. The second-order valence-electron chi connectivity index (χ2n) is 8.39. The standard InChI is InChI=1S/C24H28N4O3/c1-16-11-17(2)13-19(12-16)26-21(29)15-27-20-9-6-10-25-22(20)23(30)28(24(27)31)14-18-7-4-3-5-8-18/h3-5,7-8,11-13,20,22,25H,6,9-10,14-15H2,1-2H3,(H,26,29). The highest BCUT2D eigenvalue weighted by molar-refractivity contribution is 6.02. The van der Waals surface area contributed by atoms with Crippen LogP contribution in [-0.2, 0) is 16.1 Å². The molecule has 2 N–H and O–H groups in total. The molecule has 2 unspecified atom stereocenters. The fraction of sp³-hybridized carbons (Fsp3) is 0.375. The molecule has 4 amide bonds. The Morgan fingerprint density at radius 1 is 1.10 bits per heavy atom. The number of benzene rings is 2. The average Bonchev–Trinajstić information content (AvgIpc) is 2.74. The third kappa shape index (κ3) is 4.61. The lowest BCUT2D eigenvalue weighted by molar-refractivity contribution is -0.138. The Labute approximate surface area is 182 Å². The van der Waals surface area contributed by atoms with E-state index >= 15 is 0 Å². The summed E-state index contributed by atoms with van der Waals surface area (Å²) in [5.74, 6) is -0.485. The molecule has 2 atom stereocenters. The van der Waals surface area contributed by atoms with Crippen LogP contribution < -0.4 is 10.6 Å². The van der Waals surface area contributed by atoms with Gasteiger partial charge < -0.3 is 15.5 Å². The Morgan fingerprint density at radius 3 is 2.52 bits per heavy atom. The van der Waals surface area contributed by atoms with Crippen molar-refractivity contribution in [1.82, 2.24) is 15.1 Å². The van der Waals surface area contributed by atoms with Gasteiger partial charge in [0.05, 0.1) is 12.6 Å². The van der Waals surface area contributed by atoms with E-state index in [1.54, 1.807) is 4.90 Å². The Balaban J connectivity index is 1.54. The molecule has 0 bridgehead atoms. The minimum Gasteiger partial charge on any atom is -0.325 e. The van der Waals surface area contributed by atoms with Crippen LogP contribution in [0.1, 0.15) is 29.5 Å². The van der Waals surface area contributed by atoms with Crippen molar-refractivity contribution in [3.05, 3.63) is 65.2 Å². The average molecular weight is 421 g/mol. The van der Waals surface area contributed by atoms with Crippen molar-refractivity contribution in [2.45, 2.75) is 45.3 Å². The lowest BCUT2D eigenvalue weighted by Crippen LogP contribution is -2.70. The number of hydrogen-bond donors (Lipinski definition) is 2. The van der Waals surface area contributed by atoms with Crippen molar-refractivity contribution < 1.29 is 14.4 Å². The van der Waals surface area contributed by atoms with Gasteiger partial charge in [0.25, 0.3) is 0 Å². The summed E-state index contributed by atoms with van der Waals surface area (Å²) in [5, 5.41) is 6.16. The van der Waals surface area contributed by atoms with Gasteiger partial charge in [-0.2, -0.15) is 0 Å². The number of carbonyl (C=O) groups is 3. The number of aryl methyl sites for hydroxylation is 2. The largest absolute Gasteiger partial charge is 0.327 e. The minimum atomic E-state index is -0.482. The summed E-state index contributed by atoms with van der Waals surface area (Å²) in [4.78, 5) is 42.1. The van der Waals surface area contributed by atoms with E-state index in [0.29, 0.717) is 12.1 Å². The van der Waals surface area contributed by atoms with E-state index in [4.69, 9.17) is 0 Å². The van der Waals surface area contributed by atoms with Crippen LogP contribution in [0.3, 0.4) is 0 Å². The molecule has 2 fully saturated rings. The third-order valence-electron chi connectivity index (χ3n) is 5.84. The van der Waals surface area contributed by atoms with Crippen LogP contribution in [0, 0.1) is 13.8 Å². The molecule has 2 aliphatic heterocycles. The summed E-state index contributed by atoms with van der Waals surface area (Å²) < 4.78 is 0. The van der Waals surface area contributed by atoms with Gasteiger partial charge in [0.1, 0.15) is 12.6 Å². The van der Waals surface area contributed by atoms with E-state index in [-0.39, 0.29) is 30.9 Å². The van der Waals surface area contributed by atoms with Gasteiger partial charge >= 0.3 is 6.03 Å². The topological polar surface area (TPSA) is 81.8 Å². The summed E-state index contributed by atoms with van der Waals surface area (Å²) in [7, 11) is 0. The van der Waals surface area contributed by atoms with Gasteiger partial charge in [-0.05, 0) is 62.1 Å². The molecule has 31 heavy (non-hydrogen) atoms. The molecule has 0 aromatic heterocycles. The number of anilines is 1. The number of amides is 4. The SMILES string of the molecule is Cc1cc(C)cc(NC(=O)CN2C(=O)N(Cc3ccccc3)C(=O)C3NCCCC32)c1. The van der Waals surface area contributed by atoms with Gasteiger partial charge in [0.15, 0.2) is 0 Å². The van der Waals surface area contributed by atoms with Gasteiger partial charge in [0, 0.05) is 5.69 Å². The van der Waals surface area contributed by atoms with Gasteiger partial charge in [-0.25, -0.2) is 4.79 Å². The highest BCUT2D eigenvalue weighted by Gasteiger charge is 2.47. The maximum absolute atomic E-state index is 13.3. The van der Waals surface area contributed by atoms with E-state index in [1.807, 2.05) is 62.4 Å². The summed E-state index contributed by atoms with van der Waals surface area (Å²) in [6, 6.07) is 14.1. The number of piperidine rings is 1. The third-order valence-corrected chi connectivity index (χ3v) is 5.84. The Bertz CT molecular complexity index is 971. The normalized spacial score (nSPS) is 21.1. The van der Waals surface area contributed by atoms with E-state index in [9.17, 15) is 14.4 Å². The summed E-state index contributed by atoms with van der Waals surface area (Å²) in [5.41, 5.74) is 3.70. The number of hydrogen-bond acceptors (Lipinski definition) is 4. The maximum atomic E-state index is 13.3. The van der Waals surface area contributed by atoms with E-state index in [2.05, 4.69) is 10.6 Å². The van der Waals surface area contributed by atoms with Crippen LogP contribution in [0.5, 0.6) is 0 Å². The lowest BCUT2D eigenvalue weighted by Gasteiger charge is -2.46. The first kappa shape index (κ1) is 21.1. The molecule has 0 aliphatic carbocycles. The predicted octanol–water partition coefficient (Wildman–Crippen LogP) is 2.83. The molecule has 2 aliphatic rings. The second kappa shape index (κ2) is 8.89. The number of carbonyl (C=O) groups excluding carboxylic acids is 3. The summed E-state index contributed by atoms with van der Waals surface area (Å²) >= 11 is 0. The Morgan fingerprint density at radius 2 is 1.81 bits per heavy atom. The van der Waals surface area contributed by atoms with E-state index < -0.39 is 12.1 Å². The fourth-order valence-electron chi connectivity index (χ4n) is 4.52. The predicted molar refractivity (Wildman–Crippen MR) is 118 cm³/mol. The highest BCUT2D eigenvalue weighted by atomic mass is 16.2. The quantitative estimate of drug-likeness (QED) is 0.779. The second-order valence-corrected chi connectivity index (χ2v) is 8.39. The molecular formula is C24H28N4O3. The van der Waals surface area contributed by atoms with Crippen LogP contribution in [0.2, 0.25) is 0 Å². The van der Waals surface area contributed by atoms with Crippen LogP contribution in [0.25, 0.3) is 0 Å². The molecule has 2 aromatic rings. The van der Waals surface area contributed by atoms with Crippen molar-refractivity contribution in [1.29, 1.82) is 0 Å². The maximum Gasteiger partial charge on any atom is 0.327 e. The zero-order valence-corrected chi connectivity index (χ0v) is 17.9. The fourth-order valence-corrected chi connectivity index (χ4v) is 4.52. The van der Waals surface area contributed by atoms with Crippen LogP contribution in [0.15, 0.2) is 48.5 Å². The van der Waals surface area contributed by atoms with Crippen molar-refractivity contribution in [2.24, 2.45) is 0 Å². The molecule has 0 saturated carbocycles. The zero-order chi connectivity index (χ0) is 22.0. The van der Waals surface area contributed by atoms with Crippen molar-refractivity contribution in [3.63, 3.8) is 0 Å². The lowest BCUT2D eigenvalue weighted by atomic mass is 9.93. The van der Waals surface area contributed by atoms with Crippen molar-refractivity contribution >= 4 is 23.5 Å². The first-order chi connectivity index (χ1) is 14.9. The van der Waals surface area contributed by atoms with Crippen LogP contribution in [0.4, 0.5) is 10.5 Å². The molecule has 0 radical (unpaired) electrons. The van der Waals surface area contributed by atoms with E-state index in [1.165, 1.54) is 4.90 Å². The summed E-state index contributed by atoms with van der Waals surface area (Å²) in [6.45, 7) is 4.78. The van der Waals surface area contributed by atoms with Gasteiger partial charge in [0.2, 0.25) is 11.8 Å². The first-order valence-corrected chi connectivity index (χ1v) is 10.7. The Kier molecular flexibility index (Phi) is 6.04. The number of imide groups is 1. The van der Waals surface area contributed by atoms with E-state index in [0.717, 1.165) is 29.7 Å².